The molecule has 1 aromatic carbocycles. The third kappa shape index (κ3) is 2.92. The topological polar surface area (TPSA) is 55.1 Å². The predicted octanol–water partition coefficient (Wildman–Crippen LogP) is 2.81. The minimum Gasteiger partial charge on any atom is -0.329 e. The molecule has 5 heteroatoms. The van der Waals surface area contributed by atoms with Gasteiger partial charge in [-0.15, -0.1) is 0 Å². The highest BCUT2D eigenvalue weighted by Crippen LogP contribution is 2.36. The van der Waals surface area contributed by atoms with Gasteiger partial charge in [-0.3, -0.25) is 4.79 Å². The Balaban J connectivity index is 2.15. The maximum atomic E-state index is 13.5. The summed E-state index contributed by atoms with van der Waals surface area (Å²) >= 11 is 0. The van der Waals surface area contributed by atoms with E-state index in [1.807, 2.05) is 0 Å². The van der Waals surface area contributed by atoms with Crippen LogP contribution in [0, 0.1) is 17.0 Å². The Morgan fingerprint density at radius 3 is 2.53 bits per heavy atom. The second-order valence-corrected chi connectivity index (χ2v) is 5.12. The summed E-state index contributed by atoms with van der Waals surface area (Å²) in [6.45, 7) is 0.252. The molecular formula is C14H18F2N2O. The number of hydrogen-bond acceptors (Lipinski definition) is 2. The fraction of sp³-hybridized carbons (Fsp3) is 0.500. The Morgan fingerprint density at radius 1 is 1.26 bits per heavy atom. The lowest BCUT2D eigenvalue weighted by atomic mass is 9.73. The minimum atomic E-state index is -0.767. The summed E-state index contributed by atoms with van der Waals surface area (Å²) < 4.78 is 26.3. The van der Waals surface area contributed by atoms with Crippen molar-refractivity contribution >= 4 is 11.6 Å². The third-order valence-corrected chi connectivity index (χ3v) is 3.86. The van der Waals surface area contributed by atoms with Crippen molar-refractivity contribution in [3.63, 3.8) is 0 Å². The number of nitrogens with two attached hydrogens (primary N) is 1. The lowest BCUT2D eigenvalue weighted by Crippen LogP contribution is -2.44. The van der Waals surface area contributed by atoms with E-state index in [0.29, 0.717) is 0 Å². The minimum absolute atomic E-state index is 0.00444. The first kappa shape index (κ1) is 13.9. The molecule has 2 rings (SSSR count). The maximum absolute atomic E-state index is 13.5. The van der Waals surface area contributed by atoms with Gasteiger partial charge in [-0.25, -0.2) is 8.78 Å². The molecule has 0 aliphatic heterocycles. The van der Waals surface area contributed by atoms with Crippen molar-refractivity contribution in [1.29, 1.82) is 0 Å². The molecule has 1 aliphatic carbocycles. The van der Waals surface area contributed by atoms with Crippen molar-refractivity contribution in [3.05, 3.63) is 29.8 Å². The second-order valence-electron chi connectivity index (χ2n) is 5.12. The van der Waals surface area contributed by atoms with Crippen LogP contribution in [0.1, 0.15) is 32.1 Å². The molecule has 0 heterocycles. The van der Waals surface area contributed by atoms with Crippen LogP contribution in [0.2, 0.25) is 0 Å². The number of rotatable bonds is 3. The van der Waals surface area contributed by atoms with E-state index in [-0.39, 0.29) is 18.1 Å². The predicted molar refractivity (Wildman–Crippen MR) is 69.6 cm³/mol. The van der Waals surface area contributed by atoms with Crippen LogP contribution < -0.4 is 11.1 Å². The zero-order valence-corrected chi connectivity index (χ0v) is 10.7. The Bertz CT molecular complexity index is 471. The fourth-order valence-corrected chi connectivity index (χ4v) is 2.60. The van der Waals surface area contributed by atoms with Crippen LogP contribution in [-0.2, 0) is 4.79 Å². The van der Waals surface area contributed by atoms with Gasteiger partial charge in [-0.1, -0.05) is 19.3 Å². The second kappa shape index (κ2) is 5.65. The van der Waals surface area contributed by atoms with E-state index < -0.39 is 17.0 Å². The molecule has 0 unspecified atom stereocenters. The van der Waals surface area contributed by atoms with Crippen LogP contribution in [0.4, 0.5) is 14.5 Å². The molecule has 0 atom stereocenters. The lowest BCUT2D eigenvalue weighted by molar-refractivity contribution is -0.126. The summed E-state index contributed by atoms with van der Waals surface area (Å²) in [5, 5.41) is 2.54. The van der Waals surface area contributed by atoms with Gasteiger partial charge in [0, 0.05) is 12.6 Å². The van der Waals surface area contributed by atoms with Gasteiger partial charge >= 0.3 is 0 Å². The quantitative estimate of drug-likeness (QED) is 0.885. The number of benzene rings is 1. The Labute approximate surface area is 111 Å². The van der Waals surface area contributed by atoms with Crippen LogP contribution in [-0.4, -0.2) is 12.5 Å². The molecule has 0 bridgehead atoms. The molecule has 1 saturated carbocycles. The monoisotopic (exact) mass is 268 g/mol. The first-order chi connectivity index (χ1) is 9.07. The molecule has 1 aliphatic rings. The summed E-state index contributed by atoms with van der Waals surface area (Å²) in [6, 6.07) is 3.11. The highest BCUT2D eigenvalue weighted by molar-refractivity contribution is 5.95. The number of carbonyl (C=O) groups is 1. The summed E-state index contributed by atoms with van der Waals surface area (Å²) in [6.07, 6.45) is 4.45. The average molecular weight is 268 g/mol. The number of carbonyl (C=O) groups excluding carboxylic acids is 1. The first-order valence-corrected chi connectivity index (χ1v) is 6.54. The zero-order valence-electron chi connectivity index (χ0n) is 10.7. The van der Waals surface area contributed by atoms with E-state index in [0.717, 1.165) is 44.2 Å². The molecule has 1 fully saturated rings. The largest absolute Gasteiger partial charge is 0.329 e. The molecule has 0 radical (unpaired) electrons. The normalized spacial score (nSPS) is 18.1. The molecule has 3 nitrogen and oxygen atoms in total. The maximum Gasteiger partial charge on any atom is 0.231 e. The Morgan fingerprint density at radius 2 is 1.95 bits per heavy atom. The highest BCUT2D eigenvalue weighted by Gasteiger charge is 2.38. The third-order valence-electron chi connectivity index (χ3n) is 3.86. The molecule has 104 valence electrons. The summed E-state index contributed by atoms with van der Waals surface area (Å²) in [5.41, 5.74) is 5.13. The van der Waals surface area contributed by atoms with Crippen LogP contribution in [0.3, 0.4) is 0 Å². The van der Waals surface area contributed by atoms with Gasteiger partial charge in [-0.2, -0.15) is 0 Å². The Kier molecular flexibility index (Phi) is 4.14. The van der Waals surface area contributed by atoms with Gasteiger partial charge in [0.05, 0.1) is 11.1 Å². The van der Waals surface area contributed by atoms with Gasteiger partial charge in [-0.05, 0) is 25.0 Å². The first-order valence-electron chi connectivity index (χ1n) is 6.54. The number of hydrogen-bond donors (Lipinski definition) is 2. The van der Waals surface area contributed by atoms with Crippen LogP contribution >= 0.6 is 0 Å². The molecule has 19 heavy (non-hydrogen) atoms. The number of nitrogens with one attached hydrogen (secondary N) is 1. The number of amides is 1. The number of anilines is 1. The van der Waals surface area contributed by atoms with E-state index in [9.17, 15) is 13.6 Å². The Hall–Kier alpha value is -1.49. The van der Waals surface area contributed by atoms with Crippen molar-refractivity contribution in [1.82, 2.24) is 0 Å². The zero-order chi connectivity index (χ0) is 13.9. The van der Waals surface area contributed by atoms with Crippen LogP contribution in [0.25, 0.3) is 0 Å². The van der Waals surface area contributed by atoms with E-state index in [2.05, 4.69) is 5.32 Å². The van der Waals surface area contributed by atoms with E-state index in [1.54, 1.807) is 0 Å². The van der Waals surface area contributed by atoms with Crippen molar-refractivity contribution in [2.24, 2.45) is 11.1 Å². The van der Waals surface area contributed by atoms with Crippen molar-refractivity contribution < 1.29 is 13.6 Å². The summed E-state index contributed by atoms with van der Waals surface area (Å²) in [7, 11) is 0. The molecular weight excluding hydrogens is 250 g/mol. The van der Waals surface area contributed by atoms with Gasteiger partial charge in [0.25, 0.3) is 0 Å². The molecule has 0 aromatic heterocycles. The van der Waals surface area contributed by atoms with Crippen LogP contribution in [0.5, 0.6) is 0 Å². The smallest absolute Gasteiger partial charge is 0.231 e. The SMILES string of the molecule is NCC1(C(=O)Nc2ccc(F)cc2F)CCCCC1. The van der Waals surface area contributed by atoms with Gasteiger partial charge in [0.1, 0.15) is 11.6 Å². The van der Waals surface area contributed by atoms with E-state index >= 15 is 0 Å². The molecule has 1 aromatic rings. The van der Waals surface area contributed by atoms with E-state index in [4.69, 9.17) is 5.73 Å². The van der Waals surface area contributed by atoms with Gasteiger partial charge < -0.3 is 11.1 Å². The molecule has 0 spiro atoms. The van der Waals surface area contributed by atoms with Gasteiger partial charge in [0.2, 0.25) is 5.91 Å². The molecule has 0 saturated heterocycles. The van der Waals surface area contributed by atoms with Crippen LogP contribution in [0.15, 0.2) is 18.2 Å². The number of halogens is 2. The average Bonchev–Trinajstić information content (AvgIpc) is 2.42. The lowest BCUT2D eigenvalue weighted by Gasteiger charge is -2.34. The molecule has 1 amide bonds. The summed E-state index contributed by atoms with van der Waals surface area (Å²) in [5.74, 6) is -1.70. The van der Waals surface area contributed by atoms with Crippen molar-refractivity contribution in [2.45, 2.75) is 32.1 Å². The van der Waals surface area contributed by atoms with Crippen molar-refractivity contribution in [2.75, 3.05) is 11.9 Å². The standard InChI is InChI=1S/C14H18F2N2O/c15-10-4-5-12(11(16)8-10)18-13(19)14(9-17)6-2-1-3-7-14/h4-5,8H,1-3,6-7,9,17H2,(H,18,19). The van der Waals surface area contributed by atoms with Crippen molar-refractivity contribution in [3.8, 4) is 0 Å². The summed E-state index contributed by atoms with van der Waals surface area (Å²) in [4.78, 5) is 12.3. The van der Waals surface area contributed by atoms with Gasteiger partial charge in [0.15, 0.2) is 0 Å². The van der Waals surface area contributed by atoms with E-state index in [1.165, 1.54) is 6.07 Å². The molecule has 3 N–H and O–H groups in total. The highest BCUT2D eigenvalue weighted by atomic mass is 19.1. The fourth-order valence-electron chi connectivity index (χ4n) is 2.60.